The van der Waals surface area contributed by atoms with E-state index in [-0.39, 0.29) is 5.75 Å². The van der Waals surface area contributed by atoms with Crippen LogP contribution in [0.3, 0.4) is 0 Å². The van der Waals surface area contributed by atoms with Crippen LogP contribution in [0.15, 0.2) is 24.3 Å². The number of hydrogen-bond acceptors (Lipinski definition) is 3. The molecule has 3 radical (unpaired) electrons. The van der Waals surface area contributed by atoms with Crippen LogP contribution in [0.4, 0.5) is 13.2 Å². The van der Waals surface area contributed by atoms with Crippen molar-refractivity contribution in [3.8, 4) is 5.75 Å². The van der Waals surface area contributed by atoms with E-state index in [2.05, 4.69) is 4.74 Å². The van der Waals surface area contributed by atoms with Gasteiger partial charge in [0.15, 0.2) is 6.61 Å². The molecule has 0 aromatic heterocycles. The van der Waals surface area contributed by atoms with Gasteiger partial charge >= 0.3 is 6.18 Å². The van der Waals surface area contributed by atoms with Gasteiger partial charge in [-0.05, 0) is 12.1 Å². The number of rotatable bonds is 4. The molecule has 0 atom stereocenters. The summed E-state index contributed by atoms with van der Waals surface area (Å²) in [6.45, 7) is -1.30. The van der Waals surface area contributed by atoms with Crippen molar-refractivity contribution in [3.05, 3.63) is 24.3 Å². The van der Waals surface area contributed by atoms with Gasteiger partial charge in [0, 0.05) is 7.74 Å². The maximum atomic E-state index is 12.1. The van der Waals surface area contributed by atoms with E-state index in [1.807, 2.05) is 0 Å². The minimum atomic E-state index is -5.17. The van der Waals surface area contributed by atoms with E-state index >= 15 is 0 Å². The van der Waals surface area contributed by atoms with E-state index in [0.29, 0.717) is 5.46 Å². The van der Waals surface area contributed by atoms with Gasteiger partial charge in [0.2, 0.25) is 0 Å². The smallest absolute Gasteiger partial charge is 0.446 e. The van der Waals surface area contributed by atoms with E-state index in [4.69, 9.17) is 18.0 Å². The van der Waals surface area contributed by atoms with Crippen LogP contribution in [0.2, 0.25) is 0 Å². The summed E-state index contributed by atoms with van der Waals surface area (Å²) in [4.78, 5) is 0. The molecule has 0 unspecified atom stereocenters. The van der Waals surface area contributed by atoms with Crippen LogP contribution in [-0.2, 0) is 0 Å². The lowest BCUT2D eigenvalue weighted by molar-refractivity contribution is -0.355. The molecular weight excluding hydrogens is 235 g/mol. The monoisotopic (exact) mass is 243 g/mol. The van der Waals surface area contributed by atoms with E-state index in [1.165, 1.54) is 31.4 Å². The van der Waals surface area contributed by atoms with Crippen molar-refractivity contribution in [3.63, 3.8) is 0 Å². The SMILES string of the molecule is [B][B]c1ccc(OCC(O)(O)C(F)(F)F)cc1. The minimum Gasteiger partial charge on any atom is -0.488 e. The van der Waals surface area contributed by atoms with Gasteiger partial charge in [0.05, 0.1) is 7.17 Å². The van der Waals surface area contributed by atoms with Gasteiger partial charge in [-0.25, -0.2) is 0 Å². The Morgan fingerprint density at radius 1 is 1.18 bits per heavy atom. The molecule has 1 aromatic carbocycles. The summed E-state index contributed by atoms with van der Waals surface area (Å²) in [5.41, 5.74) is 0.660. The van der Waals surface area contributed by atoms with Crippen molar-refractivity contribution in [2.24, 2.45) is 0 Å². The number of halogens is 3. The summed E-state index contributed by atoms with van der Waals surface area (Å²) < 4.78 is 40.8. The first kappa shape index (κ1) is 13.9. The van der Waals surface area contributed by atoms with Gasteiger partial charge in [-0.1, -0.05) is 17.6 Å². The average Bonchev–Trinajstić information content (AvgIpc) is 2.25. The van der Waals surface area contributed by atoms with Crippen LogP contribution < -0.4 is 10.2 Å². The van der Waals surface area contributed by atoms with Crippen LogP contribution in [0.25, 0.3) is 0 Å². The fraction of sp³-hybridized carbons (Fsp3) is 0.333. The molecule has 0 aliphatic heterocycles. The summed E-state index contributed by atoms with van der Waals surface area (Å²) >= 11 is 0. The molecule has 1 aromatic rings. The fourth-order valence-corrected chi connectivity index (χ4v) is 0.941. The Kier molecular flexibility index (Phi) is 4.11. The van der Waals surface area contributed by atoms with E-state index in [0.717, 1.165) is 0 Å². The Morgan fingerprint density at radius 2 is 1.71 bits per heavy atom. The Hall–Kier alpha value is -1.14. The van der Waals surface area contributed by atoms with Crippen molar-refractivity contribution in [2.75, 3.05) is 6.61 Å². The summed E-state index contributed by atoms with van der Waals surface area (Å²) in [6, 6.07) is 5.76. The molecule has 17 heavy (non-hydrogen) atoms. The highest BCUT2D eigenvalue weighted by Gasteiger charge is 2.53. The van der Waals surface area contributed by atoms with E-state index in [9.17, 15) is 13.2 Å². The maximum Gasteiger partial charge on any atom is 0.446 e. The molecule has 0 amide bonds. The standard InChI is InChI=1S/C9H8B2F3O3/c10-11-6-1-3-7(4-2-6)17-5-8(15,16)9(12,13)14/h1-4,15-16H,5H2. The second-order valence-electron chi connectivity index (χ2n) is 3.34. The van der Waals surface area contributed by atoms with Crippen LogP contribution in [-0.4, -0.2) is 43.7 Å². The molecule has 0 fully saturated rings. The Balaban J connectivity index is 2.61. The lowest BCUT2D eigenvalue weighted by atomic mass is 9.51. The first-order chi connectivity index (χ1) is 7.76. The van der Waals surface area contributed by atoms with Crippen LogP contribution in [0.1, 0.15) is 0 Å². The van der Waals surface area contributed by atoms with E-state index in [1.54, 1.807) is 0 Å². The topological polar surface area (TPSA) is 49.7 Å². The minimum absolute atomic E-state index is 0.0762. The van der Waals surface area contributed by atoms with Crippen molar-refractivity contribution >= 4 is 20.4 Å². The van der Waals surface area contributed by atoms with Crippen LogP contribution in [0.5, 0.6) is 5.75 Å². The fourth-order valence-electron chi connectivity index (χ4n) is 0.941. The highest BCUT2D eigenvalue weighted by Crippen LogP contribution is 2.28. The molecule has 1 rings (SSSR count). The highest BCUT2D eigenvalue weighted by atomic mass is 19.4. The normalized spacial score (nSPS) is 12.3. The predicted octanol–water partition coefficient (Wildman–Crippen LogP) is -0.278. The van der Waals surface area contributed by atoms with Gasteiger partial charge < -0.3 is 14.9 Å². The molecule has 0 heterocycles. The van der Waals surface area contributed by atoms with Gasteiger partial charge in [-0.15, -0.1) is 0 Å². The molecule has 8 heteroatoms. The second kappa shape index (κ2) is 5.01. The molecule has 3 nitrogen and oxygen atoms in total. The summed E-state index contributed by atoms with van der Waals surface area (Å²) in [5, 5.41) is 17.4. The van der Waals surface area contributed by atoms with Crippen molar-refractivity contribution in [1.29, 1.82) is 0 Å². The molecule has 0 saturated carbocycles. The lowest BCUT2D eigenvalue weighted by Gasteiger charge is -2.24. The Morgan fingerprint density at radius 3 is 2.12 bits per heavy atom. The number of ether oxygens (including phenoxy) is 1. The second-order valence-corrected chi connectivity index (χ2v) is 3.34. The summed E-state index contributed by atoms with van der Waals surface area (Å²) in [6.07, 6.45) is -5.17. The molecule has 89 valence electrons. The third kappa shape index (κ3) is 3.67. The summed E-state index contributed by atoms with van der Waals surface area (Å²) in [5.74, 6) is -3.79. The number of aliphatic hydroxyl groups is 2. The molecule has 0 aliphatic carbocycles. The zero-order chi connectivity index (χ0) is 13.1. The average molecular weight is 243 g/mol. The third-order valence-corrected chi connectivity index (χ3v) is 1.97. The first-order valence-corrected chi connectivity index (χ1v) is 4.55. The first-order valence-electron chi connectivity index (χ1n) is 4.55. The zero-order valence-electron chi connectivity index (χ0n) is 8.61. The van der Waals surface area contributed by atoms with Gasteiger partial charge in [-0.2, -0.15) is 13.2 Å². The number of alkyl halides is 3. The molecule has 2 N–H and O–H groups in total. The molecule has 0 saturated heterocycles. The zero-order valence-corrected chi connectivity index (χ0v) is 8.61. The number of benzene rings is 1. The molecule has 0 bridgehead atoms. The Labute approximate surface area is 97.8 Å². The van der Waals surface area contributed by atoms with Gasteiger partial charge in [-0.3, -0.25) is 0 Å². The third-order valence-electron chi connectivity index (χ3n) is 1.97. The van der Waals surface area contributed by atoms with Gasteiger partial charge in [0.1, 0.15) is 5.75 Å². The maximum absolute atomic E-state index is 12.1. The molecular formula is C9H8B2F3O3. The van der Waals surface area contributed by atoms with Crippen LogP contribution >= 0.6 is 0 Å². The van der Waals surface area contributed by atoms with E-state index < -0.39 is 18.6 Å². The Bertz CT molecular complexity index is 365. The van der Waals surface area contributed by atoms with Crippen molar-refractivity contribution in [1.82, 2.24) is 0 Å². The highest BCUT2D eigenvalue weighted by molar-refractivity contribution is 6.97. The molecule has 0 aliphatic rings. The predicted molar refractivity (Wildman–Crippen MR) is 56.3 cm³/mol. The van der Waals surface area contributed by atoms with Crippen molar-refractivity contribution < 1.29 is 28.1 Å². The summed E-state index contributed by atoms with van der Waals surface area (Å²) in [7, 11) is 6.51. The lowest BCUT2D eigenvalue weighted by Crippen LogP contribution is -2.49. The number of hydrogen-bond donors (Lipinski definition) is 2. The quantitative estimate of drug-likeness (QED) is 0.564. The molecule has 0 spiro atoms. The largest absolute Gasteiger partial charge is 0.488 e. The van der Waals surface area contributed by atoms with Gasteiger partial charge in [0.25, 0.3) is 5.79 Å². The van der Waals surface area contributed by atoms with Crippen molar-refractivity contribution in [2.45, 2.75) is 12.0 Å². The van der Waals surface area contributed by atoms with Crippen LogP contribution in [0, 0.1) is 0 Å².